The van der Waals surface area contributed by atoms with Crippen molar-refractivity contribution in [2.24, 2.45) is 0 Å². The highest BCUT2D eigenvalue weighted by Gasteiger charge is 2.20. The molecular weight excluding hydrogens is 286 g/mol. The number of hydrogen-bond donors (Lipinski definition) is 0. The summed E-state index contributed by atoms with van der Waals surface area (Å²) < 4.78 is 35.1. The molecule has 1 atom stereocenters. The van der Waals surface area contributed by atoms with E-state index in [4.69, 9.17) is 0 Å². The lowest BCUT2D eigenvalue weighted by Crippen LogP contribution is -2.24. The van der Waals surface area contributed by atoms with Gasteiger partial charge in [0.25, 0.3) is 0 Å². The fourth-order valence-electron chi connectivity index (χ4n) is 0.926. The summed E-state index contributed by atoms with van der Waals surface area (Å²) in [6.45, 7) is 1.62. The zero-order valence-corrected chi connectivity index (χ0v) is 9.96. The molecule has 1 rings (SSSR count). The molecule has 0 fully saturated rings. The van der Waals surface area contributed by atoms with Crippen LogP contribution in [0.4, 0.5) is 8.78 Å². The number of hydrogen-bond acceptors (Lipinski definition) is 3. The highest BCUT2D eigenvalue weighted by atomic mass is 79.9. The number of rotatable bonds is 4. The number of ether oxygens (including phenoxy) is 2. The molecule has 6 heteroatoms. The van der Waals surface area contributed by atoms with Crippen LogP contribution < -0.4 is 4.74 Å². The van der Waals surface area contributed by atoms with Gasteiger partial charge in [-0.2, -0.15) is 4.39 Å². The molecule has 0 saturated carbocycles. The molecule has 0 bridgehead atoms. The lowest BCUT2D eigenvalue weighted by molar-refractivity contribution is -0.159. The third-order valence-electron chi connectivity index (χ3n) is 1.60. The van der Waals surface area contributed by atoms with Crippen molar-refractivity contribution in [2.75, 3.05) is 6.61 Å². The normalized spacial score (nSPS) is 12.0. The van der Waals surface area contributed by atoms with Crippen molar-refractivity contribution in [3.63, 3.8) is 0 Å². The molecule has 0 spiro atoms. The van der Waals surface area contributed by atoms with Crippen molar-refractivity contribution in [2.45, 2.75) is 13.3 Å². The monoisotopic (exact) mass is 294 g/mol. The van der Waals surface area contributed by atoms with Gasteiger partial charge in [0.2, 0.25) is 0 Å². The average molecular weight is 295 g/mol. The van der Waals surface area contributed by atoms with E-state index >= 15 is 0 Å². The minimum Gasteiger partial charge on any atom is -0.461 e. The summed E-state index contributed by atoms with van der Waals surface area (Å²) >= 11 is 2.91. The lowest BCUT2D eigenvalue weighted by Gasteiger charge is -2.10. The Balaban J connectivity index is 2.66. The van der Waals surface area contributed by atoms with E-state index in [9.17, 15) is 13.6 Å². The van der Waals surface area contributed by atoms with E-state index in [0.29, 0.717) is 0 Å². The van der Waals surface area contributed by atoms with E-state index in [0.717, 1.165) is 6.07 Å². The van der Waals surface area contributed by atoms with Gasteiger partial charge in [-0.05, 0) is 41.1 Å². The van der Waals surface area contributed by atoms with Crippen molar-refractivity contribution in [1.29, 1.82) is 0 Å². The molecule has 0 radical (unpaired) electrons. The van der Waals surface area contributed by atoms with E-state index < -0.39 is 18.1 Å². The molecule has 0 aliphatic carbocycles. The Morgan fingerprint density at radius 3 is 2.81 bits per heavy atom. The van der Waals surface area contributed by atoms with Crippen LogP contribution >= 0.6 is 15.9 Å². The second-order valence-corrected chi connectivity index (χ2v) is 3.62. The van der Waals surface area contributed by atoms with Gasteiger partial charge in [-0.15, -0.1) is 0 Å². The van der Waals surface area contributed by atoms with Crippen LogP contribution in [0, 0.1) is 5.82 Å². The van der Waals surface area contributed by atoms with Crippen LogP contribution in [0.2, 0.25) is 0 Å². The van der Waals surface area contributed by atoms with Crippen molar-refractivity contribution >= 4 is 21.9 Å². The van der Waals surface area contributed by atoms with Crippen molar-refractivity contribution in [3.05, 3.63) is 28.5 Å². The van der Waals surface area contributed by atoms with E-state index in [-0.39, 0.29) is 16.8 Å². The largest absolute Gasteiger partial charge is 0.461 e. The molecule has 1 unspecified atom stereocenters. The zero-order chi connectivity index (χ0) is 12.1. The van der Waals surface area contributed by atoms with Gasteiger partial charge in [0.15, 0.2) is 0 Å². The average Bonchev–Trinajstić information content (AvgIpc) is 2.24. The molecule has 1 aromatic carbocycles. The molecule has 88 valence electrons. The first-order valence-electron chi connectivity index (χ1n) is 4.47. The second kappa shape index (κ2) is 5.79. The van der Waals surface area contributed by atoms with Crippen LogP contribution in [0.5, 0.6) is 5.75 Å². The molecule has 3 nitrogen and oxygen atoms in total. The third-order valence-corrected chi connectivity index (χ3v) is 2.21. The highest BCUT2D eigenvalue weighted by Crippen LogP contribution is 2.22. The molecule has 0 aromatic heterocycles. The van der Waals surface area contributed by atoms with Crippen LogP contribution in [0.3, 0.4) is 0 Å². The van der Waals surface area contributed by atoms with E-state index in [2.05, 4.69) is 25.4 Å². The first kappa shape index (κ1) is 12.9. The predicted octanol–water partition coefficient (Wildman–Crippen LogP) is 2.83. The Hall–Kier alpha value is -1.17. The maximum atomic E-state index is 13.1. The third kappa shape index (κ3) is 3.44. The van der Waals surface area contributed by atoms with Gasteiger partial charge in [-0.25, -0.2) is 9.18 Å². The second-order valence-electron chi connectivity index (χ2n) is 2.76. The van der Waals surface area contributed by atoms with Crippen molar-refractivity contribution in [3.8, 4) is 5.75 Å². The summed E-state index contributed by atoms with van der Waals surface area (Å²) in [5.74, 6) is -1.57. The van der Waals surface area contributed by atoms with Crippen LogP contribution in [0.15, 0.2) is 22.7 Å². The summed E-state index contributed by atoms with van der Waals surface area (Å²) in [6.07, 6.45) is -2.21. The first-order chi connectivity index (χ1) is 7.54. The van der Waals surface area contributed by atoms with Gasteiger partial charge in [0.05, 0.1) is 11.1 Å². The number of carbonyl (C=O) groups excluding carboxylic acids is 1. The summed E-state index contributed by atoms with van der Waals surface area (Å²) in [6, 6.07) is 3.53. The number of halogens is 3. The van der Waals surface area contributed by atoms with Crippen LogP contribution in [-0.4, -0.2) is 18.9 Å². The quantitative estimate of drug-likeness (QED) is 0.801. The van der Waals surface area contributed by atoms with Crippen LogP contribution in [-0.2, 0) is 9.53 Å². The van der Waals surface area contributed by atoms with E-state index in [1.54, 1.807) is 6.92 Å². The Kier molecular flexibility index (Phi) is 4.67. The summed E-state index contributed by atoms with van der Waals surface area (Å²) in [5, 5.41) is 0. The van der Waals surface area contributed by atoms with Gasteiger partial charge >= 0.3 is 12.3 Å². The SMILES string of the molecule is CCOC(=O)C(F)Oc1ccc(F)c(Br)c1. The maximum Gasteiger partial charge on any atom is 0.381 e. The van der Waals surface area contributed by atoms with Gasteiger partial charge in [-0.1, -0.05) is 0 Å². The van der Waals surface area contributed by atoms with Crippen LogP contribution in [0.25, 0.3) is 0 Å². The van der Waals surface area contributed by atoms with Gasteiger partial charge in [0, 0.05) is 0 Å². The van der Waals surface area contributed by atoms with Crippen molar-refractivity contribution in [1.82, 2.24) is 0 Å². The first-order valence-corrected chi connectivity index (χ1v) is 5.26. The zero-order valence-electron chi connectivity index (χ0n) is 8.38. The summed E-state index contributed by atoms with van der Waals surface area (Å²) in [4.78, 5) is 10.9. The fraction of sp³-hybridized carbons (Fsp3) is 0.300. The van der Waals surface area contributed by atoms with Crippen LogP contribution in [0.1, 0.15) is 6.92 Å². The van der Waals surface area contributed by atoms with Crippen molar-refractivity contribution < 1.29 is 23.0 Å². The van der Waals surface area contributed by atoms with E-state index in [1.165, 1.54) is 12.1 Å². The fourth-order valence-corrected chi connectivity index (χ4v) is 1.28. The number of benzene rings is 1. The maximum absolute atomic E-state index is 13.1. The van der Waals surface area contributed by atoms with Gasteiger partial charge in [0.1, 0.15) is 11.6 Å². The Morgan fingerprint density at radius 2 is 2.25 bits per heavy atom. The number of carbonyl (C=O) groups is 1. The Morgan fingerprint density at radius 1 is 1.56 bits per heavy atom. The van der Waals surface area contributed by atoms with E-state index in [1.807, 2.05) is 0 Å². The molecule has 0 amide bonds. The molecule has 0 aliphatic heterocycles. The molecule has 1 aromatic rings. The smallest absolute Gasteiger partial charge is 0.381 e. The summed E-state index contributed by atoms with van der Waals surface area (Å²) in [5.41, 5.74) is 0. The Bertz CT molecular complexity index is 384. The molecule has 0 heterocycles. The summed E-state index contributed by atoms with van der Waals surface area (Å²) in [7, 11) is 0. The highest BCUT2D eigenvalue weighted by molar-refractivity contribution is 9.10. The number of alkyl halides is 1. The number of esters is 1. The van der Waals surface area contributed by atoms with Gasteiger partial charge in [-0.3, -0.25) is 0 Å². The standard InChI is InChI=1S/C10H9BrF2O3/c1-2-15-10(14)9(13)16-6-3-4-8(12)7(11)5-6/h3-5,9H,2H2,1H3. The minimum absolute atomic E-state index is 0.0360. The van der Waals surface area contributed by atoms with Gasteiger partial charge < -0.3 is 9.47 Å². The molecular formula is C10H9BrF2O3. The molecule has 0 N–H and O–H groups in total. The topological polar surface area (TPSA) is 35.5 Å². The predicted molar refractivity (Wildman–Crippen MR) is 56.3 cm³/mol. The lowest BCUT2D eigenvalue weighted by atomic mass is 10.3. The Labute approximate surface area is 99.5 Å². The molecule has 16 heavy (non-hydrogen) atoms. The minimum atomic E-state index is -2.21. The molecule has 0 saturated heterocycles. The molecule has 0 aliphatic rings.